The van der Waals surface area contributed by atoms with Crippen LogP contribution in [0.3, 0.4) is 0 Å². The van der Waals surface area contributed by atoms with Gasteiger partial charge in [0.1, 0.15) is 5.75 Å². The van der Waals surface area contributed by atoms with Gasteiger partial charge in [-0.05, 0) is 42.5 Å². The fraction of sp³-hybridized carbons (Fsp3) is 0.111. The third-order valence-electron chi connectivity index (χ3n) is 4.10. The maximum atomic E-state index is 12.9. The topological polar surface area (TPSA) is 105 Å². The van der Waals surface area contributed by atoms with E-state index in [0.29, 0.717) is 11.3 Å². The van der Waals surface area contributed by atoms with E-state index in [1.807, 2.05) is 0 Å². The van der Waals surface area contributed by atoms with Crippen molar-refractivity contribution in [1.29, 1.82) is 0 Å². The Morgan fingerprint density at radius 2 is 1.86 bits per heavy atom. The van der Waals surface area contributed by atoms with E-state index in [0.717, 1.165) is 16.8 Å². The summed E-state index contributed by atoms with van der Waals surface area (Å²) in [4.78, 5) is 4.24. The maximum Gasteiger partial charge on any atom is 0.416 e. The lowest BCUT2D eigenvalue weighted by atomic mass is 10.2. The second-order valence-electron chi connectivity index (χ2n) is 5.93. The van der Waals surface area contributed by atoms with Crippen LogP contribution in [-0.4, -0.2) is 32.2 Å². The van der Waals surface area contributed by atoms with Crippen molar-refractivity contribution >= 4 is 5.82 Å². The largest absolute Gasteiger partial charge is 0.497 e. The highest BCUT2D eigenvalue weighted by Crippen LogP contribution is 2.32. The highest BCUT2D eigenvalue weighted by atomic mass is 19.4. The first kappa shape index (κ1) is 18.5. The molecule has 2 N–H and O–H groups in total. The number of methoxy groups -OCH3 is 1. The number of halogens is 3. The molecule has 2 aromatic heterocycles. The summed E-state index contributed by atoms with van der Waals surface area (Å²) in [7, 11) is 1.55. The molecule has 29 heavy (non-hydrogen) atoms. The molecule has 0 spiro atoms. The lowest BCUT2D eigenvalue weighted by Crippen LogP contribution is -2.08. The number of hydrogen-bond donors (Lipinski definition) is 1. The Bertz CT molecular complexity index is 1150. The summed E-state index contributed by atoms with van der Waals surface area (Å²) in [6.07, 6.45) is -4.49. The van der Waals surface area contributed by atoms with Crippen LogP contribution in [0.25, 0.3) is 28.7 Å². The minimum atomic E-state index is -4.49. The molecule has 2 heterocycles. The van der Waals surface area contributed by atoms with Crippen molar-refractivity contribution in [1.82, 2.24) is 25.1 Å². The average molecular weight is 402 g/mol. The van der Waals surface area contributed by atoms with Crippen molar-refractivity contribution < 1.29 is 22.4 Å². The van der Waals surface area contributed by atoms with Crippen LogP contribution >= 0.6 is 0 Å². The van der Waals surface area contributed by atoms with Gasteiger partial charge in [0, 0.05) is 5.56 Å². The van der Waals surface area contributed by atoms with Gasteiger partial charge in [-0.1, -0.05) is 16.4 Å². The van der Waals surface area contributed by atoms with Gasteiger partial charge in [-0.2, -0.15) is 22.8 Å². The highest BCUT2D eigenvalue weighted by molar-refractivity contribution is 5.66. The Morgan fingerprint density at radius 1 is 1.10 bits per heavy atom. The van der Waals surface area contributed by atoms with Gasteiger partial charge in [0.15, 0.2) is 11.5 Å². The van der Waals surface area contributed by atoms with E-state index in [2.05, 4.69) is 20.5 Å². The van der Waals surface area contributed by atoms with Crippen molar-refractivity contribution in [2.24, 2.45) is 0 Å². The van der Waals surface area contributed by atoms with Crippen molar-refractivity contribution in [3.05, 3.63) is 54.1 Å². The van der Waals surface area contributed by atoms with Gasteiger partial charge < -0.3 is 15.0 Å². The third kappa shape index (κ3) is 3.49. The maximum absolute atomic E-state index is 12.9. The Kier molecular flexibility index (Phi) is 4.41. The summed E-state index contributed by atoms with van der Waals surface area (Å²) in [6, 6.07) is 11.5. The Labute approximate surface area is 161 Å². The molecular weight excluding hydrogens is 389 g/mol. The molecule has 0 amide bonds. The van der Waals surface area contributed by atoms with E-state index in [9.17, 15) is 13.2 Å². The van der Waals surface area contributed by atoms with E-state index in [4.69, 9.17) is 15.0 Å². The first-order valence-corrected chi connectivity index (χ1v) is 8.24. The predicted octanol–water partition coefficient (Wildman–Crippen LogP) is 3.59. The molecule has 0 aliphatic heterocycles. The van der Waals surface area contributed by atoms with Crippen LogP contribution in [0.4, 0.5) is 19.0 Å². The Balaban J connectivity index is 1.67. The first-order chi connectivity index (χ1) is 13.9. The van der Waals surface area contributed by atoms with Crippen molar-refractivity contribution in [3.63, 3.8) is 0 Å². The quantitative estimate of drug-likeness (QED) is 0.556. The molecule has 0 fully saturated rings. The van der Waals surface area contributed by atoms with Crippen LogP contribution in [0.2, 0.25) is 0 Å². The fourth-order valence-corrected chi connectivity index (χ4v) is 2.62. The molecule has 148 valence electrons. The summed E-state index contributed by atoms with van der Waals surface area (Å²) in [5.41, 5.74) is 6.04. The van der Waals surface area contributed by atoms with Gasteiger partial charge in [0.25, 0.3) is 5.89 Å². The third-order valence-corrected chi connectivity index (χ3v) is 4.10. The van der Waals surface area contributed by atoms with Gasteiger partial charge in [-0.3, -0.25) is 0 Å². The minimum absolute atomic E-state index is 0.00783. The molecule has 11 heteroatoms. The number of anilines is 1. The zero-order chi connectivity index (χ0) is 20.6. The van der Waals surface area contributed by atoms with Crippen LogP contribution < -0.4 is 10.5 Å². The Morgan fingerprint density at radius 3 is 2.55 bits per heavy atom. The minimum Gasteiger partial charge on any atom is -0.497 e. The number of rotatable bonds is 4. The van der Waals surface area contributed by atoms with E-state index in [-0.39, 0.29) is 28.9 Å². The fourth-order valence-electron chi connectivity index (χ4n) is 2.62. The molecule has 0 aliphatic rings. The van der Waals surface area contributed by atoms with Crippen LogP contribution in [0.15, 0.2) is 53.1 Å². The van der Waals surface area contributed by atoms with Crippen molar-refractivity contribution in [3.8, 4) is 34.4 Å². The second-order valence-corrected chi connectivity index (χ2v) is 5.93. The summed E-state index contributed by atoms with van der Waals surface area (Å²) >= 11 is 0. The van der Waals surface area contributed by atoms with Gasteiger partial charge in [-0.25, -0.2) is 0 Å². The van der Waals surface area contributed by atoms with Gasteiger partial charge in [-0.15, -0.1) is 5.10 Å². The van der Waals surface area contributed by atoms with Gasteiger partial charge in [0.2, 0.25) is 5.82 Å². The summed E-state index contributed by atoms with van der Waals surface area (Å²) in [5, 5.41) is 11.6. The molecule has 0 saturated carbocycles. The van der Waals surface area contributed by atoms with Crippen LogP contribution in [0.5, 0.6) is 5.75 Å². The number of nitrogens with two attached hydrogens (primary N) is 1. The number of hydrogen-bond acceptors (Lipinski definition) is 7. The standard InChI is InChI=1S/C18H13F3N6O2/c1-28-13-7-5-10(6-8-13)16-23-17(29-25-16)14-15(22)27(26-24-14)12-4-2-3-11(9-12)18(19,20)21/h2-9H,22H2,1H3. The number of alkyl halides is 3. The molecule has 0 radical (unpaired) electrons. The smallest absolute Gasteiger partial charge is 0.416 e. The van der Waals surface area contributed by atoms with Crippen LogP contribution in [0, 0.1) is 0 Å². The van der Waals surface area contributed by atoms with E-state index in [1.54, 1.807) is 31.4 Å². The molecule has 4 aromatic rings. The molecule has 2 aromatic carbocycles. The molecule has 0 saturated heterocycles. The van der Waals surface area contributed by atoms with Crippen molar-refractivity contribution in [2.45, 2.75) is 6.18 Å². The zero-order valence-corrected chi connectivity index (χ0v) is 14.9. The SMILES string of the molecule is COc1ccc(-c2noc(-c3nnn(-c4cccc(C(F)(F)F)c4)c3N)n2)cc1. The Hall–Kier alpha value is -3.89. The molecule has 0 unspecified atom stereocenters. The molecule has 0 atom stereocenters. The number of aromatic nitrogens is 5. The lowest BCUT2D eigenvalue weighted by Gasteiger charge is -2.09. The molecule has 8 nitrogen and oxygen atoms in total. The van der Waals surface area contributed by atoms with Gasteiger partial charge >= 0.3 is 6.18 Å². The van der Waals surface area contributed by atoms with Gasteiger partial charge in [0.05, 0.1) is 18.4 Å². The average Bonchev–Trinajstić information content (AvgIpc) is 3.34. The van der Waals surface area contributed by atoms with E-state index in [1.165, 1.54) is 12.1 Å². The normalized spacial score (nSPS) is 11.6. The monoisotopic (exact) mass is 402 g/mol. The molecule has 4 rings (SSSR count). The number of benzene rings is 2. The first-order valence-electron chi connectivity index (χ1n) is 8.24. The number of nitrogen functional groups attached to an aromatic ring is 1. The summed E-state index contributed by atoms with van der Waals surface area (Å²) in [6.45, 7) is 0. The van der Waals surface area contributed by atoms with Crippen LogP contribution in [-0.2, 0) is 6.18 Å². The van der Waals surface area contributed by atoms with E-state index >= 15 is 0 Å². The lowest BCUT2D eigenvalue weighted by molar-refractivity contribution is -0.137. The second kappa shape index (κ2) is 6.93. The van der Waals surface area contributed by atoms with Crippen LogP contribution in [0.1, 0.15) is 5.56 Å². The van der Waals surface area contributed by atoms with E-state index < -0.39 is 11.7 Å². The molecule has 0 aliphatic carbocycles. The predicted molar refractivity (Wildman–Crippen MR) is 96.1 cm³/mol. The molecular formula is C18H13F3N6O2. The van der Waals surface area contributed by atoms with Crippen molar-refractivity contribution in [2.75, 3.05) is 12.8 Å². The summed E-state index contributed by atoms with van der Waals surface area (Å²) < 4.78 is 50.2. The number of ether oxygens (including phenoxy) is 1. The zero-order valence-electron chi connectivity index (χ0n) is 14.9. The molecule has 0 bridgehead atoms. The highest BCUT2D eigenvalue weighted by Gasteiger charge is 2.31. The summed E-state index contributed by atoms with van der Waals surface area (Å²) in [5.74, 6) is 0.919. The number of nitrogens with zero attached hydrogens (tertiary/aromatic N) is 5.